The summed E-state index contributed by atoms with van der Waals surface area (Å²) in [5, 5.41) is 6.44. The van der Waals surface area contributed by atoms with Gasteiger partial charge in [0.15, 0.2) is 0 Å². The molecule has 2 heterocycles. The fraction of sp³-hybridized carbons (Fsp3) is 0.222. The Balaban J connectivity index is 1.65. The molecule has 11 heteroatoms. The van der Waals surface area contributed by atoms with E-state index in [9.17, 15) is 14.4 Å². The van der Waals surface area contributed by atoms with Crippen molar-refractivity contribution in [2.75, 3.05) is 7.11 Å². The number of hydrogen-bond acceptors (Lipinski definition) is 10. The van der Waals surface area contributed by atoms with E-state index in [2.05, 4.69) is 10.1 Å². The largest absolute Gasteiger partial charge is 0.496 e. The van der Waals surface area contributed by atoms with Crippen LogP contribution in [-0.4, -0.2) is 40.8 Å². The maximum Gasteiger partial charge on any atom is 0.308 e. The topological polar surface area (TPSA) is 117 Å². The van der Waals surface area contributed by atoms with Gasteiger partial charge in [-0.2, -0.15) is 5.01 Å². The van der Waals surface area contributed by atoms with Gasteiger partial charge in [0, 0.05) is 49.9 Å². The van der Waals surface area contributed by atoms with Gasteiger partial charge in [0.2, 0.25) is 18.0 Å². The molecule has 1 amide bonds. The Kier molecular flexibility index (Phi) is 8.27. The SMILES string of the molecule is COc1ccc(C2=NN(C(C)=O)[C@H](c3ccc(OC(C)=O)cc3OC(C)=O)O2)cc1CSc1ccccn1. The molecule has 0 N–H and O–H groups in total. The molecule has 1 aliphatic rings. The molecule has 1 atom stereocenters. The van der Waals surface area contributed by atoms with Crippen LogP contribution in [0.15, 0.2) is 70.9 Å². The number of pyridine rings is 1. The second-order valence-corrected chi connectivity index (χ2v) is 9.10. The van der Waals surface area contributed by atoms with Crippen LogP contribution < -0.4 is 14.2 Å². The van der Waals surface area contributed by atoms with Crippen molar-refractivity contribution in [2.45, 2.75) is 37.8 Å². The lowest BCUT2D eigenvalue weighted by molar-refractivity contribution is -0.135. The lowest BCUT2D eigenvalue weighted by atomic mass is 10.1. The predicted molar refractivity (Wildman–Crippen MR) is 139 cm³/mol. The first-order chi connectivity index (χ1) is 18.2. The highest BCUT2D eigenvalue weighted by molar-refractivity contribution is 7.98. The van der Waals surface area contributed by atoms with Crippen molar-refractivity contribution >= 4 is 35.5 Å². The molecule has 0 saturated heterocycles. The van der Waals surface area contributed by atoms with E-state index in [0.717, 1.165) is 15.6 Å². The van der Waals surface area contributed by atoms with Crippen molar-refractivity contribution in [3.8, 4) is 17.2 Å². The summed E-state index contributed by atoms with van der Waals surface area (Å²) in [7, 11) is 1.59. The van der Waals surface area contributed by atoms with Gasteiger partial charge < -0.3 is 18.9 Å². The first kappa shape index (κ1) is 26.7. The summed E-state index contributed by atoms with van der Waals surface area (Å²) in [6, 6.07) is 15.6. The van der Waals surface area contributed by atoms with Gasteiger partial charge >= 0.3 is 11.9 Å². The third-order valence-electron chi connectivity index (χ3n) is 5.27. The Morgan fingerprint density at radius 3 is 2.42 bits per heavy atom. The number of benzene rings is 2. The minimum Gasteiger partial charge on any atom is -0.496 e. The van der Waals surface area contributed by atoms with Crippen molar-refractivity contribution in [3.05, 3.63) is 77.5 Å². The Morgan fingerprint density at radius 1 is 0.974 bits per heavy atom. The Labute approximate surface area is 223 Å². The minimum atomic E-state index is -1.02. The van der Waals surface area contributed by atoms with Crippen LogP contribution in [0.2, 0.25) is 0 Å². The first-order valence-electron chi connectivity index (χ1n) is 11.5. The Morgan fingerprint density at radius 2 is 1.76 bits per heavy atom. The number of carbonyl (C=O) groups is 3. The molecule has 0 fully saturated rings. The zero-order chi connectivity index (χ0) is 27.2. The number of nitrogens with zero attached hydrogens (tertiary/aromatic N) is 3. The quantitative estimate of drug-likeness (QED) is 0.234. The lowest BCUT2D eigenvalue weighted by Gasteiger charge is -2.21. The van der Waals surface area contributed by atoms with E-state index < -0.39 is 18.2 Å². The number of rotatable bonds is 8. The fourth-order valence-corrected chi connectivity index (χ4v) is 4.53. The minimum absolute atomic E-state index is 0.0751. The van der Waals surface area contributed by atoms with E-state index in [0.29, 0.717) is 22.6 Å². The second-order valence-electron chi connectivity index (χ2n) is 8.11. The summed E-state index contributed by atoms with van der Waals surface area (Å²) in [6.07, 6.45) is 0.716. The summed E-state index contributed by atoms with van der Waals surface area (Å²) in [5.74, 6) is 0.212. The maximum absolute atomic E-state index is 12.5. The van der Waals surface area contributed by atoms with E-state index in [-0.39, 0.29) is 23.3 Å². The van der Waals surface area contributed by atoms with Crippen LogP contribution >= 0.6 is 11.8 Å². The molecule has 4 rings (SSSR count). The number of esters is 2. The number of aromatic nitrogens is 1. The number of hydrogen-bond donors (Lipinski definition) is 0. The summed E-state index contributed by atoms with van der Waals surface area (Å²) >= 11 is 1.55. The van der Waals surface area contributed by atoms with Gasteiger partial charge in [-0.05, 0) is 42.5 Å². The van der Waals surface area contributed by atoms with Crippen LogP contribution in [-0.2, 0) is 24.9 Å². The molecule has 0 bridgehead atoms. The molecule has 2 aromatic carbocycles. The van der Waals surface area contributed by atoms with Crippen molar-refractivity contribution in [1.82, 2.24) is 9.99 Å². The molecular weight excluding hydrogens is 510 g/mol. The molecule has 3 aromatic rings. The van der Waals surface area contributed by atoms with Gasteiger partial charge in [-0.25, -0.2) is 4.98 Å². The van der Waals surface area contributed by atoms with Crippen LogP contribution in [0.1, 0.15) is 43.7 Å². The molecule has 1 aromatic heterocycles. The highest BCUT2D eigenvalue weighted by atomic mass is 32.2. The third-order valence-corrected chi connectivity index (χ3v) is 6.27. The van der Waals surface area contributed by atoms with E-state index in [1.807, 2.05) is 24.3 Å². The molecule has 1 aliphatic heterocycles. The van der Waals surface area contributed by atoms with Crippen LogP contribution in [0, 0.1) is 0 Å². The van der Waals surface area contributed by atoms with E-state index in [1.54, 1.807) is 43.3 Å². The zero-order valence-corrected chi connectivity index (χ0v) is 22.0. The van der Waals surface area contributed by atoms with Crippen molar-refractivity contribution in [3.63, 3.8) is 0 Å². The summed E-state index contributed by atoms with van der Waals surface area (Å²) in [5.41, 5.74) is 1.86. The number of thioether (sulfide) groups is 1. The van der Waals surface area contributed by atoms with Crippen LogP contribution in [0.5, 0.6) is 17.2 Å². The van der Waals surface area contributed by atoms with Gasteiger partial charge in [0.05, 0.1) is 17.7 Å². The Bertz CT molecular complexity index is 1390. The van der Waals surface area contributed by atoms with Crippen LogP contribution in [0.4, 0.5) is 0 Å². The second kappa shape index (κ2) is 11.8. The van der Waals surface area contributed by atoms with E-state index in [1.165, 1.54) is 32.9 Å². The van der Waals surface area contributed by atoms with Crippen molar-refractivity contribution in [2.24, 2.45) is 5.10 Å². The van der Waals surface area contributed by atoms with Gasteiger partial charge in [-0.15, -0.1) is 16.9 Å². The Hall–Kier alpha value is -4.38. The van der Waals surface area contributed by atoms with Gasteiger partial charge in [0.1, 0.15) is 17.2 Å². The smallest absolute Gasteiger partial charge is 0.308 e. The van der Waals surface area contributed by atoms with Gasteiger partial charge in [-0.1, -0.05) is 6.07 Å². The first-order valence-corrected chi connectivity index (χ1v) is 12.5. The number of ether oxygens (including phenoxy) is 4. The number of amides is 1. The number of carbonyl (C=O) groups excluding carboxylic acids is 3. The van der Waals surface area contributed by atoms with Crippen LogP contribution in [0.3, 0.4) is 0 Å². The average Bonchev–Trinajstić information content (AvgIpc) is 3.33. The fourth-order valence-electron chi connectivity index (χ4n) is 3.69. The molecule has 38 heavy (non-hydrogen) atoms. The molecule has 0 spiro atoms. The number of hydrazone groups is 1. The lowest BCUT2D eigenvalue weighted by Crippen LogP contribution is -2.26. The third kappa shape index (κ3) is 6.30. The van der Waals surface area contributed by atoms with Crippen molar-refractivity contribution < 1.29 is 33.3 Å². The average molecular weight is 536 g/mol. The standard InChI is InChI=1S/C27H25N3O7S/c1-16(31)30-27(22-10-9-21(35-17(2)32)14-24(22)36-18(3)33)37-26(29-30)19-8-11-23(34-4)20(13-19)15-38-25-7-5-6-12-28-25/h5-14,27H,15H2,1-4H3/t27-/m0/s1. The molecule has 0 aliphatic carbocycles. The normalized spacial score (nSPS) is 14.4. The zero-order valence-electron chi connectivity index (χ0n) is 21.2. The predicted octanol–water partition coefficient (Wildman–Crippen LogP) is 4.47. The molecular formula is C27H25N3O7S. The van der Waals surface area contributed by atoms with Gasteiger partial charge in [0.25, 0.3) is 0 Å². The molecule has 0 saturated carbocycles. The highest BCUT2D eigenvalue weighted by Gasteiger charge is 2.36. The monoisotopic (exact) mass is 535 g/mol. The summed E-state index contributed by atoms with van der Waals surface area (Å²) < 4.78 is 22.1. The molecule has 196 valence electrons. The summed E-state index contributed by atoms with van der Waals surface area (Å²) in [4.78, 5) is 40.0. The number of methoxy groups -OCH3 is 1. The van der Waals surface area contributed by atoms with Crippen LogP contribution in [0.25, 0.3) is 0 Å². The van der Waals surface area contributed by atoms with Gasteiger partial charge in [-0.3, -0.25) is 14.4 Å². The van der Waals surface area contributed by atoms with E-state index >= 15 is 0 Å². The molecule has 0 unspecified atom stereocenters. The highest BCUT2D eigenvalue weighted by Crippen LogP contribution is 2.38. The molecule has 0 radical (unpaired) electrons. The van der Waals surface area contributed by atoms with Crippen molar-refractivity contribution in [1.29, 1.82) is 0 Å². The summed E-state index contributed by atoms with van der Waals surface area (Å²) in [6.45, 7) is 3.85. The van der Waals surface area contributed by atoms with E-state index in [4.69, 9.17) is 18.9 Å². The maximum atomic E-state index is 12.5. The molecule has 10 nitrogen and oxygen atoms in total.